The molecule has 11 nitrogen and oxygen atoms in total. The minimum atomic E-state index is -0.738. The van der Waals surface area contributed by atoms with Gasteiger partial charge in [0.15, 0.2) is 5.76 Å². The van der Waals surface area contributed by atoms with Crippen molar-refractivity contribution in [2.24, 2.45) is 13.0 Å². The summed E-state index contributed by atoms with van der Waals surface area (Å²) in [5.41, 5.74) is 2.01. The van der Waals surface area contributed by atoms with Crippen molar-refractivity contribution in [2.75, 3.05) is 65.9 Å². The molecule has 220 valence electrons. The predicted octanol–water partition coefficient (Wildman–Crippen LogP) is 1.74. The molecular weight excluding hydrogens is 518 g/mol. The number of aromatic nitrogens is 2. The largest absolute Gasteiger partial charge is 0.459 e. The highest BCUT2D eigenvalue weighted by molar-refractivity contribution is 5.92. The molecule has 11 heteroatoms. The van der Waals surface area contributed by atoms with Crippen LogP contribution in [0.5, 0.6) is 0 Å². The van der Waals surface area contributed by atoms with E-state index in [1.165, 1.54) is 0 Å². The topological polar surface area (TPSA) is 114 Å². The number of carbonyl (C=O) groups excluding carboxylic acids is 1. The standard InChI is InChI=1S/C29H41N3O8/c1-4-39-29-23(10-14-36-18-19-38-17-13-33)24(20-25(40-29)27(34)31-11-15-37-16-12-31)26-21(2)30(3)32(28(26)35)22-8-6-5-7-9-22/h5-9,20,23-24,29,33H,4,10-19H2,1-3H3/t23-,24+,29-/m1/s1. The van der Waals surface area contributed by atoms with E-state index in [1.807, 2.05) is 55.9 Å². The summed E-state index contributed by atoms with van der Waals surface area (Å²) in [6.07, 6.45) is 1.59. The first-order chi connectivity index (χ1) is 19.5. The van der Waals surface area contributed by atoms with Crippen LogP contribution in [0.15, 0.2) is 47.0 Å². The van der Waals surface area contributed by atoms with Gasteiger partial charge in [-0.25, -0.2) is 4.68 Å². The molecule has 1 aromatic heterocycles. The van der Waals surface area contributed by atoms with Crippen molar-refractivity contribution < 1.29 is 33.6 Å². The predicted molar refractivity (Wildman–Crippen MR) is 147 cm³/mol. The SMILES string of the molecule is CCO[C@@H]1OC(C(=O)N2CCOCC2)=C[C@H](c2c(C)n(C)n(-c3ccccc3)c2=O)[C@H]1CCOCCOCCO. The summed E-state index contributed by atoms with van der Waals surface area (Å²) in [6, 6.07) is 9.49. The molecule has 3 atom stereocenters. The van der Waals surface area contributed by atoms with Gasteiger partial charge in [-0.1, -0.05) is 18.2 Å². The number of allylic oxidation sites excluding steroid dienone is 1. The van der Waals surface area contributed by atoms with Gasteiger partial charge in [-0.3, -0.25) is 14.3 Å². The number of para-hydroxylation sites is 1. The summed E-state index contributed by atoms with van der Waals surface area (Å²) in [5, 5.41) is 8.88. The van der Waals surface area contributed by atoms with Gasteiger partial charge in [0.25, 0.3) is 11.5 Å². The number of nitrogens with zero attached hydrogens (tertiary/aromatic N) is 3. The molecule has 1 N–H and O–H groups in total. The Balaban J connectivity index is 1.69. The number of hydrogen-bond acceptors (Lipinski definition) is 8. The van der Waals surface area contributed by atoms with E-state index in [2.05, 4.69) is 0 Å². The van der Waals surface area contributed by atoms with Gasteiger partial charge in [0.2, 0.25) is 6.29 Å². The molecule has 0 spiro atoms. The van der Waals surface area contributed by atoms with Gasteiger partial charge in [0.05, 0.1) is 45.3 Å². The summed E-state index contributed by atoms with van der Waals surface area (Å²) >= 11 is 0. The number of carbonyl (C=O) groups is 1. The molecule has 2 aliphatic heterocycles. The van der Waals surface area contributed by atoms with Crippen molar-refractivity contribution in [3.63, 3.8) is 0 Å². The summed E-state index contributed by atoms with van der Waals surface area (Å²) in [6.45, 7) is 7.43. The molecule has 3 heterocycles. The van der Waals surface area contributed by atoms with Crippen molar-refractivity contribution in [3.8, 4) is 5.69 Å². The Bertz CT molecular complexity index is 1190. The Morgan fingerprint density at radius 3 is 2.45 bits per heavy atom. The number of aliphatic hydroxyl groups excluding tert-OH is 1. The third kappa shape index (κ3) is 6.84. The van der Waals surface area contributed by atoms with E-state index in [9.17, 15) is 9.59 Å². The molecule has 1 aromatic carbocycles. The van der Waals surface area contributed by atoms with E-state index in [0.717, 1.165) is 11.4 Å². The lowest BCUT2D eigenvalue weighted by molar-refractivity contribution is -0.173. The van der Waals surface area contributed by atoms with Crippen molar-refractivity contribution in [3.05, 3.63) is 63.8 Å². The van der Waals surface area contributed by atoms with Gasteiger partial charge in [-0.05, 0) is 38.5 Å². The van der Waals surface area contributed by atoms with Crippen LogP contribution in [0.1, 0.15) is 30.5 Å². The zero-order valence-corrected chi connectivity index (χ0v) is 23.6. The highest BCUT2D eigenvalue weighted by atomic mass is 16.7. The number of amides is 1. The summed E-state index contributed by atoms with van der Waals surface area (Å²) in [7, 11) is 1.86. The number of aliphatic hydroxyl groups is 1. The maximum absolute atomic E-state index is 14.0. The third-order valence-electron chi connectivity index (χ3n) is 7.36. The van der Waals surface area contributed by atoms with Crippen LogP contribution in [0.3, 0.4) is 0 Å². The van der Waals surface area contributed by atoms with Gasteiger partial charge in [0, 0.05) is 56.4 Å². The van der Waals surface area contributed by atoms with Crippen molar-refractivity contribution in [1.29, 1.82) is 0 Å². The van der Waals surface area contributed by atoms with E-state index in [1.54, 1.807) is 15.7 Å². The normalized spacial score (nSPS) is 21.2. The smallest absolute Gasteiger partial charge is 0.288 e. The molecule has 1 amide bonds. The quantitative estimate of drug-likeness (QED) is 0.369. The van der Waals surface area contributed by atoms with E-state index in [0.29, 0.717) is 64.7 Å². The minimum absolute atomic E-state index is 0.0358. The lowest BCUT2D eigenvalue weighted by Gasteiger charge is -2.38. The number of benzene rings is 1. The lowest BCUT2D eigenvalue weighted by atomic mass is 9.81. The zero-order chi connectivity index (χ0) is 28.5. The monoisotopic (exact) mass is 559 g/mol. The van der Waals surface area contributed by atoms with Crippen molar-refractivity contribution in [1.82, 2.24) is 14.3 Å². The second-order valence-electron chi connectivity index (χ2n) is 9.78. The molecular formula is C29H41N3O8. The molecule has 0 saturated carbocycles. The van der Waals surface area contributed by atoms with Crippen LogP contribution in [0.2, 0.25) is 0 Å². The van der Waals surface area contributed by atoms with Gasteiger partial charge in [-0.15, -0.1) is 0 Å². The molecule has 1 fully saturated rings. The van der Waals surface area contributed by atoms with Crippen LogP contribution in [-0.2, 0) is 35.5 Å². The highest BCUT2D eigenvalue weighted by Crippen LogP contribution is 2.39. The molecule has 4 rings (SSSR count). The third-order valence-corrected chi connectivity index (χ3v) is 7.36. The van der Waals surface area contributed by atoms with Crippen LogP contribution < -0.4 is 5.56 Å². The second-order valence-corrected chi connectivity index (χ2v) is 9.78. The molecule has 2 aliphatic rings. The Morgan fingerprint density at radius 1 is 1.07 bits per heavy atom. The fourth-order valence-electron chi connectivity index (χ4n) is 5.27. The van der Waals surface area contributed by atoms with Crippen LogP contribution >= 0.6 is 0 Å². The Kier molecular flexibility index (Phi) is 11.0. The van der Waals surface area contributed by atoms with Crippen LogP contribution in [-0.4, -0.2) is 97.5 Å². The molecule has 0 unspecified atom stereocenters. The summed E-state index contributed by atoms with van der Waals surface area (Å²) in [4.78, 5) is 29.3. The first-order valence-corrected chi connectivity index (χ1v) is 13.9. The van der Waals surface area contributed by atoms with Crippen LogP contribution in [0.4, 0.5) is 0 Å². The van der Waals surface area contributed by atoms with Gasteiger partial charge in [-0.2, -0.15) is 0 Å². The first kappa shape index (κ1) is 30.0. The number of morpholine rings is 1. The molecule has 1 saturated heterocycles. The van der Waals surface area contributed by atoms with E-state index in [4.69, 9.17) is 28.8 Å². The first-order valence-electron chi connectivity index (χ1n) is 13.9. The van der Waals surface area contributed by atoms with Crippen molar-refractivity contribution >= 4 is 5.91 Å². The molecule has 0 radical (unpaired) electrons. The van der Waals surface area contributed by atoms with Gasteiger partial charge < -0.3 is 33.7 Å². The van der Waals surface area contributed by atoms with Crippen LogP contribution in [0, 0.1) is 12.8 Å². The Morgan fingerprint density at radius 2 is 1.77 bits per heavy atom. The average molecular weight is 560 g/mol. The summed E-state index contributed by atoms with van der Waals surface area (Å²) in [5.74, 6) is -0.764. The molecule has 2 aromatic rings. The molecule has 0 bridgehead atoms. The lowest BCUT2D eigenvalue weighted by Crippen LogP contribution is -2.45. The number of rotatable bonds is 13. The maximum Gasteiger partial charge on any atom is 0.288 e. The van der Waals surface area contributed by atoms with E-state index in [-0.39, 0.29) is 36.4 Å². The fourth-order valence-corrected chi connectivity index (χ4v) is 5.27. The molecule has 0 aliphatic carbocycles. The van der Waals surface area contributed by atoms with Gasteiger partial charge >= 0.3 is 0 Å². The number of hydrogen-bond donors (Lipinski definition) is 1. The summed E-state index contributed by atoms with van der Waals surface area (Å²) < 4.78 is 32.3. The second kappa shape index (κ2) is 14.6. The zero-order valence-electron chi connectivity index (χ0n) is 23.6. The van der Waals surface area contributed by atoms with Gasteiger partial charge in [0.1, 0.15) is 0 Å². The van der Waals surface area contributed by atoms with E-state index >= 15 is 0 Å². The minimum Gasteiger partial charge on any atom is -0.459 e. The number of ether oxygens (including phenoxy) is 5. The highest BCUT2D eigenvalue weighted by Gasteiger charge is 2.41. The van der Waals surface area contributed by atoms with E-state index < -0.39 is 12.2 Å². The average Bonchev–Trinajstić information content (AvgIpc) is 3.20. The molecule has 40 heavy (non-hydrogen) atoms. The van der Waals surface area contributed by atoms with Crippen molar-refractivity contribution in [2.45, 2.75) is 32.5 Å². The fraction of sp³-hybridized carbons (Fsp3) is 0.586. The maximum atomic E-state index is 14.0. The van der Waals surface area contributed by atoms with Crippen LogP contribution in [0.25, 0.3) is 5.69 Å². The Labute approximate surface area is 234 Å². The Hall–Kier alpha value is -2.96.